The van der Waals surface area contributed by atoms with Gasteiger partial charge in [0.15, 0.2) is 0 Å². The van der Waals surface area contributed by atoms with Crippen LogP contribution in [0.5, 0.6) is 0 Å². The van der Waals surface area contributed by atoms with E-state index in [2.05, 4.69) is 46.7 Å². The molecule has 108 valence electrons. The molecule has 0 spiro atoms. The molecule has 2 heterocycles. The van der Waals surface area contributed by atoms with Crippen LogP contribution in [-0.2, 0) is 6.54 Å². The van der Waals surface area contributed by atoms with Crippen molar-refractivity contribution >= 4 is 0 Å². The Balaban J connectivity index is 1.65. The van der Waals surface area contributed by atoms with Crippen LogP contribution in [0.15, 0.2) is 12.4 Å². The van der Waals surface area contributed by atoms with Crippen molar-refractivity contribution in [1.82, 2.24) is 19.8 Å². The number of imidazole rings is 1. The van der Waals surface area contributed by atoms with Crippen molar-refractivity contribution in [2.75, 3.05) is 26.2 Å². The Morgan fingerprint density at radius 1 is 1.32 bits per heavy atom. The molecule has 19 heavy (non-hydrogen) atoms. The summed E-state index contributed by atoms with van der Waals surface area (Å²) in [5.41, 5.74) is 0. The summed E-state index contributed by atoms with van der Waals surface area (Å²) in [5, 5.41) is 3.56. The Morgan fingerprint density at radius 2 is 2.05 bits per heavy atom. The van der Waals surface area contributed by atoms with Crippen molar-refractivity contribution in [2.24, 2.45) is 5.92 Å². The molecule has 1 aromatic rings. The highest BCUT2D eigenvalue weighted by molar-refractivity contribution is 4.88. The summed E-state index contributed by atoms with van der Waals surface area (Å²) < 4.78 is 2.24. The van der Waals surface area contributed by atoms with Gasteiger partial charge in [-0.3, -0.25) is 0 Å². The fourth-order valence-electron chi connectivity index (χ4n) is 2.71. The summed E-state index contributed by atoms with van der Waals surface area (Å²) in [4.78, 5) is 6.86. The molecule has 0 radical (unpaired) electrons. The fraction of sp³-hybridized carbons (Fsp3) is 0.800. The average molecular weight is 264 g/mol. The maximum atomic E-state index is 4.27. The highest BCUT2D eigenvalue weighted by Gasteiger charge is 2.18. The van der Waals surface area contributed by atoms with E-state index >= 15 is 0 Å². The zero-order chi connectivity index (χ0) is 13.7. The van der Waals surface area contributed by atoms with Gasteiger partial charge in [0.1, 0.15) is 5.82 Å². The Bertz CT molecular complexity index is 364. The molecule has 1 aromatic heterocycles. The Kier molecular flexibility index (Phi) is 5.40. The van der Waals surface area contributed by atoms with Gasteiger partial charge in [0.25, 0.3) is 0 Å². The molecule has 1 N–H and O–H groups in total. The maximum Gasteiger partial charge on any atom is 0.105 e. The zero-order valence-electron chi connectivity index (χ0n) is 12.6. The second kappa shape index (κ2) is 7.06. The van der Waals surface area contributed by atoms with Crippen molar-refractivity contribution in [3.63, 3.8) is 0 Å². The number of aryl methyl sites for hydroxylation is 1. The van der Waals surface area contributed by atoms with E-state index in [-0.39, 0.29) is 0 Å². The van der Waals surface area contributed by atoms with Crippen LogP contribution >= 0.6 is 0 Å². The minimum Gasteiger partial charge on any atom is -0.334 e. The van der Waals surface area contributed by atoms with Crippen LogP contribution < -0.4 is 5.32 Å². The molecule has 1 aliphatic rings. The molecular formula is C15H28N4. The first-order valence-electron chi connectivity index (χ1n) is 7.58. The van der Waals surface area contributed by atoms with E-state index in [0.717, 1.165) is 24.8 Å². The quantitative estimate of drug-likeness (QED) is 0.852. The molecule has 1 aliphatic heterocycles. The van der Waals surface area contributed by atoms with Gasteiger partial charge in [-0.1, -0.05) is 13.8 Å². The van der Waals surface area contributed by atoms with E-state index in [1.54, 1.807) is 0 Å². The monoisotopic (exact) mass is 264 g/mol. The van der Waals surface area contributed by atoms with E-state index in [9.17, 15) is 0 Å². The predicted octanol–water partition coefficient (Wildman–Crippen LogP) is 1.90. The topological polar surface area (TPSA) is 33.1 Å². The molecular weight excluding hydrogens is 236 g/mol. The first kappa shape index (κ1) is 14.5. The number of rotatable bonds is 6. The molecule has 0 saturated carbocycles. The smallest absolute Gasteiger partial charge is 0.105 e. The lowest BCUT2D eigenvalue weighted by Gasteiger charge is -2.32. The third-order valence-corrected chi connectivity index (χ3v) is 4.10. The van der Waals surface area contributed by atoms with E-state index in [0.29, 0.717) is 6.04 Å². The Morgan fingerprint density at radius 3 is 2.63 bits per heavy atom. The summed E-state index contributed by atoms with van der Waals surface area (Å²) in [6.45, 7) is 12.4. The largest absolute Gasteiger partial charge is 0.334 e. The minimum atomic E-state index is 0.613. The van der Waals surface area contributed by atoms with Crippen LogP contribution in [0.25, 0.3) is 0 Å². The van der Waals surface area contributed by atoms with Gasteiger partial charge >= 0.3 is 0 Å². The van der Waals surface area contributed by atoms with Crippen molar-refractivity contribution in [3.05, 3.63) is 18.2 Å². The summed E-state index contributed by atoms with van der Waals surface area (Å²) in [7, 11) is 0. The summed E-state index contributed by atoms with van der Waals surface area (Å²) in [6, 6.07) is 0.613. The second-order valence-electron chi connectivity index (χ2n) is 6.02. The number of nitrogens with one attached hydrogen (secondary N) is 1. The number of nitrogens with zero attached hydrogens (tertiary/aromatic N) is 3. The summed E-state index contributed by atoms with van der Waals surface area (Å²) in [6.07, 6.45) is 6.64. The van der Waals surface area contributed by atoms with Gasteiger partial charge in [0.05, 0.1) is 0 Å². The molecule has 0 aromatic carbocycles. The average Bonchev–Trinajstić information content (AvgIpc) is 2.81. The highest BCUT2D eigenvalue weighted by atomic mass is 15.2. The molecule has 0 atom stereocenters. The van der Waals surface area contributed by atoms with Crippen LogP contribution in [0.2, 0.25) is 0 Å². The van der Waals surface area contributed by atoms with Gasteiger partial charge in [0, 0.05) is 31.5 Å². The van der Waals surface area contributed by atoms with E-state index < -0.39 is 0 Å². The normalized spacial score (nSPS) is 18.3. The first-order valence-corrected chi connectivity index (χ1v) is 7.58. The van der Waals surface area contributed by atoms with Gasteiger partial charge in [-0.15, -0.1) is 0 Å². The van der Waals surface area contributed by atoms with E-state index in [1.165, 1.54) is 32.5 Å². The number of hydrogen-bond donors (Lipinski definition) is 1. The SMILES string of the molecule is Cc1nccn1CCN1CCC(CNC(C)C)CC1. The van der Waals surface area contributed by atoms with Crippen molar-refractivity contribution in [3.8, 4) is 0 Å². The molecule has 1 fully saturated rings. The number of hydrogen-bond acceptors (Lipinski definition) is 3. The molecule has 4 nitrogen and oxygen atoms in total. The summed E-state index contributed by atoms with van der Waals surface area (Å²) >= 11 is 0. The second-order valence-corrected chi connectivity index (χ2v) is 6.02. The molecule has 0 amide bonds. The van der Waals surface area contributed by atoms with Crippen LogP contribution in [0.4, 0.5) is 0 Å². The highest BCUT2D eigenvalue weighted by Crippen LogP contribution is 2.16. The molecule has 1 saturated heterocycles. The minimum absolute atomic E-state index is 0.613. The van der Waals surface area contributed by atoms with Gasteiger partial charge in [-0.25, -0.2) is 4.98 Å². The molecule has 0 unspecified atom stereocenters. The molecule has 4 heteroatoms. The molecule has 0 aliphatic carbocycles. The van der Waals surface area contributed by atoms with Gasteiger partial charge < -0.3 is 14.8 Å². The van der Waals surface area contributed by atoms with Crippen LogP contribution in [0, 0.1) is 12.8 Å². The number of likely N-dealkylation sites (tertiary alicyclic amines) is 1. The van der Waals surface area contributed by atoms with E-state index in [4.69, 9.17) is 0 Å². The first-order chi connectivity index (χ1) is 9.15. The standard InChI is InChI=1S/C15H28N4/c1-13(2)17-12-15-4-7-18(8-5-15)10-11-19-9-6-16-14(19)3/h6,9,13,15,17H,4-5,7-8,10-12H2,1-3H3. The van der Waals surface area contributed by atoms with Crippen molar-refractivity contribution in [1.29, 1.82) is 0 Å². The Hall–Kier alpha value is -0.870. The fourth-order valence-corrected chi connectivity index (χ4v) is 2.71. The van der Waals surface area contributed by atoms with Crippen molar-refractivity contribution < 1.29 is 0 Å². The Labute approximate surface area is 117 Å². The summed E-state index contributed by atoms with van der Waals surface area (Å²) in [5.74, 6) is 1.99. The third kappa shape index (κ3) is 4.62. The number of aromatic nitrogens is 2. The van der Waals surface area contributed by atoms with Gasteiger partial charge in [0.2, 0.25) is 0 Å². The van der Waals surface area contributed by atoms with Gasteiger partial charge in [-0.2, -0.15) is 0 Å². The van der Waals surface area contributed by atoms with Crippen LogP contribution in [0.1, 0.15) is 32.5 Å². The maximum absolute atomic E-state index is 4.27. The van der Waals surface area contributed by atoms with Crippen LogP contribution in [0.3, 0.4) is 0 Å². The lowest BCUT2D eigenvalue weighted by atomic mass is 9.96. The molecule has 0 bridgehead atoms. The zero-order valence-corrected chi connectivity index (χ0v) is 12.6. The third-order valence-electron chi connectivity index (χ3n) is 4.10. The predicted molar refractivity (Wildman–Crippen MR) is 79.3 cm³/mol. The van der Waals surface area contributed by atoms with Crippen molar-refractivity contribution in [2.45, 2.75) is 46.2 Å². The van der Waals surface area contributed by atoms with Gasteiger partial charge in [-0.05, 0) is 45.3 Å². The molecule has 2 rings (SSSR count). The van der Waals surface area contributed by atoms with E-state index in [1.807, 2.05) is 6.20 Å². The number of piperidine rings is 1. The lowest BCUT2D eigenvalue weighted by Crippen LogP contribution is -2.39. The van der Waals surface area contributed by atoms with Crippen LogP contribution in [-0.4, -0.2) is 46.7 Å². The lowest BCUT2D eigenvalue weighted by molar-refractivity contribution is 0.175.